The van der Waals surface area contributed by atoms with Crippen molar-refractivity contribution in [1.29, 1.82) is 0 Å². The number of nitrogens with two attached hydrogens (primary N) is 5. The zero-order valence-electron chi connectivity index (χ0n) is 42.6. The molecule has 1 aliphatic carbocycles. The van der Waals surface area contributed by atoms with E-state index in [1.54, 1.807) is 60.7 Å². The van der Waals surface area contributed by atoms with E-state index in [2.05, 4.69) is 42.2 Å². The second-order valence-electron chi connectivity index (χ2n) is 19.0. The van der Waals surface area contributed by atoms with Gasteiger partial charge in [-0.05, 0) is 62.0 Å². The van der Waals surface area contributed by atoms with Crippen molar-refractivity contribution in [2.24, 2.45) is 39.6 Å². The van der Waals surface area contributed by atoms with Gasteiger partial charge >= 0.3 is 0 Å². The molecule has 77 heavy (non-hydrogen) atoms. The van der Waals surface area contributed by atoms with E-state index in [0.717, 1.165) is 40.9 Å². The smallest absolute Gasteiger partial charge is 0.247 e. The molecule has 1 unspecified atom stereocenters. The standard InChI is InChI=1S/C50H70N14O11S2/c51-37(65)21-20-32-43(69)60-34(25-38(52)66)45(71)62-35(49(75)64-23-11-19-36(64)46(72)59-31(18-10-22-56-50(54)55)42(68)57-26-39(53)67)27-76-77-41(30-16-8-3-9-17-30)48(74)63-40(29-14-6-2-7-15-29)47(73)61-33(44(70)58-32)24-28-12-4-1-5-13-28/h1-2,4-7,12-15,30-36,40-41H,3,8-11,16-27H2,(H2,51,65)(H2,52,66)(H2,53,67)(H,57,68)(H,58,70)(H,59,72)(H,60,69)(H,61,73)(H,62,71)(H,63,74)(H4,54,55,56)/t31-,32-,33-,34-,35-,36-,40+,41?/m0/s1. The Hall–Kier alpha value is -7.42. The van der Waals surface area contributed by atoms with Gasteiger partial charge in [-0.3, -0.25) is 57.7 Å². The van der Waals surface area contributed by atoms with Crippen LogP contribution in [-0.2, 0) is 59.2 Å². The Morgan fingerprint density at radius 3 is 1.97 bits per heavy atom. The monoisotopic (exact) mass is 1110 g/mol. The summed E-state index contributed by atoms with van der Waals surface area (Å²) in [4.78, 5) is 156. The highest BCUT2D eigenvalue weighted by molar-refractivity contribution is 8.77. The van der Waals surface area contributed by atoms with Gasteiger partial charge in [0.2, 0.25) is 65.0 Å². The number of guanidine groups is 1. The number of carbonyl (C=O) groups is 11. The molecule has 5 rings (SSSR count). The number of amides is 11. The van der Waals surface area contributed by atoms with E-state index in [1.807, 2.05) is 0 Å². The van der Waals surface area contributed by atoms with E-state index in [1.165, 1.54) is 4.90 Å². The number of benzene rings is 2. The molecule has 2 heterocycles. The van der Waals surface area contributed by atoms with Crippen LogP contribution in [0.15, 0.2) is 65.7 Å². The Morgan fingerprint density at radius 2 is 1.32 bits per heavy atom. The van der Waals surface area contributed by atoms with E-state index in [9.17, 15) is 52.7 Å². The van der Waals surface area contributed by atoms with Gasteiger partial charge in [0.1, 0.15) is 42.3 Å². The zero-order valence-corrected chi connectivity index (χ0v) is 44.2. The van der Waals surface area contributed by atoms with Crippen LogP contribution in [0, 0.1) is 5.92 Å². The average Bonchev–Trinajstić information content (AvgIpc) is 3.90. The number of nitrogens with zero attached hydrogens (tertiary/aromatic N) is 2. The summed E-state index contributed by atoms with van der Waals surface area (Å²) >= 11 is 0. The van der Waals surface area contributed by atoms with Gasteiger partial charge in [-0.25, -0.2) is 0 Å². The summed E-state index contributed by atoms with van der Waals surface area (Å²) < 4.78 is 0. The molecule has 17 N–H and O–H groups in total. The number of aliphatic imine (C=N–C) groups is 1. The van der Waals surface area contributed by atoms with Gasteiger partial charge in [0.25, 0.3) is 0 Å². The molecule has 2 aliphatic heterocycles. The molecular weight excluding hydrogens is 1040 g/mol. The quantitative estimate of drug-likeness (QED) is 0.0303. The van der Waals surface area contributed by atoms with Crippen molar-refractivity contribution in [2.75, 3.05) is 25.4 Å². The number of hydrogen-bond acceptors (Lipinski definition) is 14. The lowest BCUT2D eigenvalue weighted by molar-refractivity contribution is -0.142. The topological polar surface area (TPSA) is 418 Å². The summed E-state index contributed by atoms with van der Waals surface area (Å²) in [5.74, 6) is -9.85. The molecule has 0 aromatic heterocycles. The fourth-order valence-corrected chi connectivity index (χ4v) is 12.2. The molecule has 27 heteroatoms. The number of primary amides is 3. The lowest BCUT2D eigenvalue weighted by atomic mass is 9.86. The highest BCUT2D eigenvalue weighted by Gasteiger charge is 2.42. The van der Waals surface area contributed by atoms with Crippen molar-refractivity contribution in [3.05, 3.63) is 71.8 Å². The maximum absolute atomic E-state index is 14.9. The van der Waals surface area contributed by atoms with Crippen molar-refractivity contribution in [3.63, 3.8) is 0 Å². The second-order valence-corrected chi connectivity index (χ2v) is 21.6. The Balaban J connectivity index is 1.54. The molecule has 3 aliphatic rings. The van der Waals surface area contributed by atoms with Crippen LogP contribution in [0.5, 0.6) is 0 Å². The van der Waals surface area contributed by atoms with Gasteiger partial charge in [-0.1, -0.05) is 102 Å². The lowest BCUT2D eigenvalue weighted by Gasteiger charge is -2.32. The maximum Gasteiger partial charge on any atom is 0.247 e. The molecule has 418 valence electrons. The van der Waals surface area contributed by atoms with Gasteiger partial charge in [0, 0.05) is 31.7 Å². The summed E-state index contributed by atoms with van der Waals surface area (Å²) in [6.45, 7) is -0.399. The first kappa shape index (κ1) is 60.4. The summed E-state index contributed by atoms with van der Waals surface area (Å²) in [5.41, 5.74) is 28.2. The van der Waals surface area contributed by atoms with E-state index in [4.69, 9.17) is 28.7 Å². The molecule has 0 bridgehead atoms. The molecule has 3 fully saturated rings. The molecule has 8 atom stereocenters. The zero-order chi connectivity index (χ0) is 56.0. The molecule has 2 saturated heterocycles. The van der Waals surface area contributed by atoms with Crippen LogP contribution in [0.1, 0.15) is 94.2 Å². The van der Waals surface area contributed by atoms with Gasteiger partial charge in [0.15, 0.2) is 5.96 Å². The van der Waals surface area contributed by atoms with Crippen LogP contribution in [0.4, 0.5) is 0 Å². The molecule has 2 aromatic carbocycles. The predicted molar refractivity (Wildman–Crippen MR) is 287 cm³/mol. The normalized spacial score (nSPS) is 23.6. The van der Waals surface area contributed by atoms with Crippen LogP contribution in [0.25, 0.3) is 0 Å². The largest absolute Gasteiger partial charge is 0.370 e. The lowest BCUT2D eigenvalue weighted by Crippen LogP contribution is -2.60. The third kappa shape index (κ3) is 19.3. The van der Waals surface area contributed by atoms with Crippen LogP contribution in [-0.4, -0.2) is 143 Å². The van der Waals surface area contributed by atoms with Gasteiger partial charge < -0.3 is 70.8 Å². The van der Waals surface area contributed by atoms with Gasteiger partial charge in [0.05, 0.1) is 18.2 Å². The highest BCUT2D eigenvalue weighted by Crippen LogP contribution is 2.39. The van der Waals surface area contributed by atoms with Crippen molar-refractivity contribution in [3.8, 4) is 0 Å². The van der Waals surface area contributed by atoms with Crippen molar-refractivity contribution in [1.82, 2.24) is 42.1 Å². The molecule has 1 saturated carbocycles. The van der Waals surface area contributed by atoms with Crippen molar-refractivity contribution >= 4 is 92.5 Å². The van der Waals surface area contributed by atoms with Crippen LogP contribution < -0.4 is 65.9 Å². The van der Waals surface area contributed by atoms with E-state index < -0.39 is 138 Å². The Kier molecular flexibility index (Phi) is 23.8. The first-order valence-corrected chi connectivity index (χ1v) is 27.9. The third-order valence-electron chi connectivity index (χ3n) is 13.2. The highest BCUT2D eigenvalue weighted by atomic mass is 33.1. The minimum absolute atomic E-state index is 0.0150. The minimum Gasteiger partial charge on any atom is -0.370 e. The van der Waals surface area contributed by atoms with Crippen LogP contribution in [0.2, 0.25) is 0 Å². The number of hydrogen-bond donors (Lipinski definition) is 12. The Labute approximate surface area is 453 Å². The summed E-state index contributed by atoms with van der Waals surface area (Å²) in [6.07, 6.45) is 2.89. The van der Waals surface area contributed by atoms with Crippen LogP contribution >= 0.6 is 21.6 Å². The molecule has 2 aromatic rings. The molecule has 0 spiro atoms. The predicted octanol–water partition coefficient (Wildman–Crippen LogP) is -2.36. The Morgan fingerprint density at radius 1 is 0.688 bits per heavy atom. The van der Waals surface area contributed by atoms with E-state index >= 15 is 0 Å². The second kappa shape index (κ2) is 30.4. The summed E-state index contributed by atoms with van der Waals surface area (Å²) in [5, 5.41) is 17.6. The first-order chi connectivity index (χ1) is 36.8. The van der Waals surface area contributed by atoms with Crippen molar-refractivity contribution in [2.45, 2.75) is 131 Å². The van der Waals surface area contributed by atoms with E-state index in [0.29, 0.717) is 30.4 Å². The fourth-order valence-electron chi connectivity index (χ4n) is 9.24. The number of likely N-dealkylation sites (tertiary alicyclic amines) is 1. The number of nitrogens with one attached hydrogen (secondary N) is 7. The van der Waals surface area contributed by atoms with Crippen LogP contribution in [0.3, 0.4) is 0 Å². The molecule has 11 amide bonds. The fraction of sp³-hybridized carbons (Fsp3) is 0.520. The SMILES string of the molecule is NC(=O)CC[C@@H]1NC(=O)[C@H](Cc2ccccc2)NC(=O)[C@@H](c2ccccc2)NC(=O)C(C2CCCCC2)SSC[C@@H](C(=O)N2CCC[C@H]2C(=O)N[C@@H](CCCN=C(N)N)C(=O)NCC(N)=O)NC(=O)[C@H](CC(N)=O)NC1=O. The van der Waals surface area contributed by atoms with Gasteiger partial charge in [-0.15, -0.1) is 0 Å². The number of carbonyl (C=O) groups excluding carboxylic acids is 11. The summed E-state index contributed by atoms with van der Waals surface area (Å²) in [7, 11) is 2.20. The minimum atomic E-state index is -1.77. The van der Waals surface area contributed by atoms with E-state index in [-0.39, 0.29) is 56.4 Å². The average molecular weight is 1110 g/mol. The first-order valence-electron chi connectivity index (χ1n) is 25.5. The number of rotatable bonds is 19. The Bertz CT molecular complexity index is 2460. The molecule has 0 radical (unpaired) electrons. The maximum atomic E-state index is 14.9. The van der Waals surface area contributed by atoms with Gasteiger partial charge in [-0.2, -0.15) is 0 Å². The summed E-state index contributed by atoms with van der Waals surface area (Å²) in [6, 6.07) is 7.08. The molecule has 25 nitrogen and oxygen atoms in total. The molecular formula is C50H70N14O11S2. The third-order valence-corrected chi connectivity index (χ3v) is 16.0. The van der Waals surface area contributed by atoms with Crippen molar-refractivity contribution < 1.29 is 52.7 Å².